The summed E-state index contributed by atoms with van der Waals surface area (Å²) in [5.74, 6) is -0.0475. The van der Waals surface area contributed by atoms with Crippen molar-refractivity contribution >= 4 is 22.8 Å². The van der Waals surface area contributed by atoms with Crippen LogP contribution in [0.3, 0.4) is 0 Å². The first-order valence-electron chi connectivity index (χ1n) is 7.57. The number of carbonyl (C=O) groups excluding carboxylic acids is 1. The molecule has 0 radical (unpaired) electrons. The van der Waals surface area contributed by atoms with Crippen molar-refractivity contribution < 1.29 is 9.53 Å². The highest BCUT2D eigenvalue weighted by atomic mass is 35.5. The molecule has 1 aliphatic rings. The molecule has 3 atom stereocenters. The number of nitrogens with zero attached hydrogens (tertiary/aromatic N) is 2. The minimum atomic E-state index is -0.288. The lowest BCUT2D eigenvalue weighted by atomic mass is 10.1. The smallest absolute Gasteiger partial charge is 0.240 e. The maximum atomic E-state index is 12.6. The molecule has 1 heterocycles. The molecule has 0 aromatic heterocycles. The second-order valence-corrected chi connectivity index (χ2v) is 6.23. The van der Waals surface area contributed by atoms with Gasteiger partial charge in [0.2, 0.25) is 5.91 Å². The molecule has 0 spiro atoms. The van der Waals surface area contributed by atoms with Gasteiger partial charge in [-0.2, -0.15) is 0 Å². The third kappa shape index (κ3) is 6.08. The third-order valence-corrected chi connectivity index (χ3v) is 4.19. The molecule has 7 nitrogen and oxygen atoms in total. The van der Waals surface area contributed by atoms with Crippen LogP contribution in [0.4, 0.5) is 0 Å². The van der Waals surface area contributed by atoms with Crippen molar-refractivity contribution in [3.05, 3.63) is 0 Å². The average molecular weight is 334 g/mol. The van der Waals surface area contributed by atoms with Crippen LogP contribution in [0.1, 0.15) is 13.8 Å². The lowest BCUT2D eigenvalue weighted by Gasteiger charge is -2.37. The fraction of sp³-hybridized carbons (Fsp3) is 0.857. The summed E-state index contributed by atoms with van der Waals surface area (Å²) in [5.41, 5.74) is 0. The number of carbonyl (C=O) groups is 1. The van der Waals surface area contributed by atoms with Gasteiger partial charge in [0.05, 0.1) is 6.61 Å². The SMILES string of the molecule is COC[C@H](C(=O)NC(C)[C@H](C)NC(=N)Cl)N1CCN(C)CC1. The van der Waals surface area contributed by atoms with Gasteiger partial charge in [-0.25, -0.2) is 0 Å². The van der Waals surface area contributed by atoms with Crippen molar-refractivity contribution in [2.45, 2.75) is 32.0 Å². The van der Waals surface area contributed by atoms with Crippen LogP contribution >= 0.6 is 11.6 Å². The number of amides is 1. The fourth-order valence-electron chi connectivity index (χ4n) is 2.41. The predicted octanol–water partition coefficient (Wildman–Crippen LogP) is -0.0948. The van der Waals surface area contributed by atoms with Gasteiger partial charge in [0, 0.05) is 45.4 Å². The molecule has 1 aliphatic heterocycles. The van der Waals surface area contributed by atoms with Gasteiger partial charge in [0.15, 0.2) is 5.29 Å². The molecule has 1 unspecified atom stereocenters. The molecule has 128 valence electrons. The predicted molar refractivity (Wildman–Crippen MR) is 88.5 cm³/mol. The van der Waals surface area contributed by atoms with Crippen molar-refractivity contribution in [1.29, 1.82) is 5.41 Å². The first-order chi connectivity index (χ1) is 10.3. The van der Waals surface area contributed by atoms with Crippen LogP contribution in [-0.4, -0.2) is 86.1 Å². The Morgan fingerprint density at radius 1 is 1.23 bits per heavy atom. The summed E-state index contributed by atoms with van der Waals surface area (Å²) >= 11 is 5.53. The molecule has 8 heteroatoms. The molecule has 0 saturated carbocycles. The van der Waals surface area contributed by atoms with E-state index in [2.05, 4.69) is 27.5 Å². The van der Waals surface area contributed by atoms with E-state index in [1.54, 1.807) is 7.11 Å². The van der Waals surface area contributed by atoms with Crippen molar-refractivity contribution in [2.75, 3.05) is 46.9 Å². The zero-order valence-electron chi connectivity index (χ0n) is 13.9. The van der Waals surface area contributed by atoms with E-state index in [0.29, 0.717) is 6.61 Å². The molecule has 0 aromatic rings. The van der Waals surface area contributed by atoms with Gasteiger partial charge in [0.1, 0.15) is 6.04 Å². The molecule has 22 heavy (non-hydrogen) atoms. The van der Waals surface area contributed by atoms with E-state index in [1.165, 1.54) is 0 Å². The molecule has 0 aromatic carbocycles. The van der Waals surface area contributed by atoms with E-state index in [4.69, 9.17) is 21.7 Å². The van der Waals surface area contributed by atoms with Gasteiger partial charge < -0.3 is 20.3 Å². The summed E-state index contributed by atoms with van der Waals surface area (Å²) in [6.07, 6.45) is 0. The van der Waals surface area contributed by atoms with Gasteiger partial charge in [0.25, 0.3) is 0 Å². The Kier molecular flexibility index (Phi) is 8.09. The highest BCUT2D eigenvalue weighted by Crippen LogP contribution is 2.07. The summed E-state index contributed by atoms with van der Waals surface area (Å²) in [6.45, 7) is 7.75. The lowest BCUT2D eigenvalue weighted by molar-refractivity contribution is -0.130. The van der Waals surface area contributed by atoms with Crippen LogP contribution in [0, 0.1) is 5.41 Å². The molecule has 1 saturated heterocycles. The van der Waals surface area contributed by atoms with Gasteiger partial charge in [-0.3, -0.25) is 15.1 Å². The minimum Gasteiger partial charge on any atom is -0.383 e. The summed E-state index contributed by atoms with van der Waals surface area (Å²) in [7, 11) is 3.69. The monoisotopic (exact) mass is 333 g/mol. The van der Waals surface area contributed by atoms with Crippen LogP contribution in [0.2, 0.25) is 0 Å². The van der Waals surface area contributed by atoms with Gasteiger partial charge in [-0.15, -0.1) is 0 Å². The van der Waals surface area contributed by atoms with E-state index in [0.717, 1.165) is 26.2 Å². The topological polar surface area (TPSA) is 80.7 Å². The van der Waals surface area contributed by atoms with Crippen molar-refractivity contribution in [3.8, 4) is 0 Å². The first-order valence-corrected chi connectivity index (χ1v) is 7.95. The third-order valence-electron chi connectivity index (χ3n) is 4.08. The minimum absolute atomic E-state index is 0.0475. The average Bonchev–Trinajstić information content (AvgIpc) is 2.45. The summed E-state index contributed by atoms with van der Waals surface area (Å²) in [5, 5.41) is 12.9. The Balaban J connectivity index is 2.59. The van der Waals surface area contributed by atoms with Crippen LogP contribution in [0.5, 0.6) is 0 Å². The molecule has 1 fully saturated rings. The van der Waals surface area contributed by atoms with Gasteiger partial charge in [-0.05, 0) is 32.5 Å². The number of methoxy groups -OCH3 is 1. The van der Waals surface area contributed by atoms with E-state index in [1.807, 2.05) is 13.8 Å². The highest BCUT2D eigenvalue weighted by molar-refractivity contribution is 6.63. The van der Waals surface area contributed by atoms with Gasteiger partial charge >= 0.3 is 0 Å². The Morgan fingerprint density at radius 3 is 2.27 bits per heavy atom. The number of piperazine rings is 1. The zero-order valence-corrected chi connectivity index (χ0v) is 14.6. The van der Waals surface area contributed by atoms with Crippen molar-refractivity contribution in [1.82, 2.24) is 20.4 Å². The maximum Gasteiger partial charge on any atom is 0.240 e. The second-order valence-electron chi connectivity index (χ2n) is 5.85. The van der Waals surface area contributed by atoms with Crippen molar-refractivity contribution in [3.63, 3.8) is 0 Å². The Bertz CT molecular complexity index is 374. The number of hydrogen-bond donors (Lipinski definition) is 3. The summed E-state index contributed by atoms with van der Waals surface area (Å²) in [6, 6.07) is -0.549. The molecule has 1 amide bonds. The molecule has 3 N–H and O–H groups in total. The van der Waals surface area contributed by atoms with Gasteiger partial charge in [-0.1, -0.05) is 0 Å². The Morgan fingerprint density at radius 2 is 1.77 bits per heavy atom. The normalized spacial score (nSPS) is 21.0. The lowest BCUT2D eigenvalue weighted by Crippen LogP contribution is -2.58. The standard InChI is InChI=1S/C14H28ClN5O2/c1-10(11(2)18-14(15)16)17-13(21)12(9-22-4)20-7-5-19(3)6-8-20/h10-12H,5-9H2,1-4H3,(H2,16,18)(H,17,21)/t10?,11-,12+/m0/s1. The van der Waals surface area contributed by atoms with Crippen LogP contribution in [-0.2, 0) is 9.53 Å². The van der Waals surface area contributed by atoms with E-state index < -0.39 is 0 Å². The van der Waals surface area contributed by atoms with E-state index in [-0.39, 0.29) is 29.3 Å². The number of amidine groups is 1. The summed E-state index contributed by atoms with van der Waals surface area (Å²) in [4.78, 5) is 17.0. The Labute approximate surface area is 137 Å². The maximum absolute atomic E-state index is 12.6. The van der Waals surface area contributed by atoms with Crippen LogP contribution in [0.25, 0.3) is 0 Å². The number of ether oxygens (including phenoxy) is 1. The van der Waals surface area contributed by atoms with Crippen LogP contribution in [0.15, 0.2) is 0 Å². The number of nitrogens with one attached hydrogen (secondary N) is 3. The fourth-order valence-corrected chi connectivity index (χ4v) is 2.58. The molecular formula is C14H28ClN5O2. The summed E-state index contributed by atoms with van der Waals surface area (Å²) < 4.78 is 5.22. The molecule has 0 aliphatic carbocycles. The van der Waals surface area contributed by atoms with E-state index in [9.17, 15) is 4.79 Å². The molecular weight excluding hydrogens is 306 g/mol. The quantitative estimate of drug-likeness (QED) is 0.344. The second kappa shape index (κ2) is 9.29. The number of rotatable bonds is 7. The van der Waals surface area contributed by atoms with Crippen molar-refractivity contribution in [2.24, 2.45) is 0 Å². The zero-order chi connectivity index (χ0) is 16.7. The highest BCUT2D eigenvalue weighted by Gasteiger charge is 2.29. The number of hydrogen-bond acceptors (Lipinski definition) is 5. The largest absolute Gasteiger partial charge is 0.383 e. The molecule has 1 rings (SSSR count). The Hall–Kier alpha value is -0.890. The van der Waals surface area contributed by atoms with E-state index >= 15 is 0 Å². The first kappa shape index (κ1) is 19.2. The van der Waals surface area contributed by atoms with Crippen LogP contribution < -0.4 is 10.6 Å². The number of likely N-dealkylation sites (N-methyl/N-ethyl adjacent to an activating group) is 1. The molecule has 0 bridgehead atoms. The number of halogens is 1.